The molecule has 31 heavy (non-hydrogen) atoms. The molecule has 1 aliphatic carbocycles. The second kappa shape index (κ2) is 8.94. The lowest BCUT2D eigenvalue weighted by molar-refractivity contribution is 0.0941. The minimum Gasteiger partial charge on any atom is -0.349 e. The number of rotatable bonds is 7. The first-order valence-corrected chi connectivity index (χ1v) is 10.7. The Morgan fingerprint density at radius 3 is 2.29 bits per heavy atom. The van der Waals surface area contributed by atoms with Gasteiger partial charge in [-0.1, -0.05) is 53.6 Å². The number of amides is 2. The summed E-state index contributed by atoms with van der Waals surface area (Å²) in [7, 11) is 0. The number of hydrogen-bond acceptors (Lipinski definition) is 3. The van der Waals surface area contributed by atoms with E-state index >= 15 is 0 Å². The molecule has 0 saturated heterocycles. The van der Waals surface area contributed by atoms with Crippen molar-refractivity contribution in [3.8, 4) is 0 Å². The molecular weight excluding hydrogens is 412 g/mol. The van der Waals surface area contributed by atoms with Gasteiger partial charge in [-0.05, 0) is 49.9 Å². The molecule has 0 atom stereocenters. The lowest BCUT2D eigenvalue weighted by Crippen LogP contribution is -2.25. The van der Waals surface area contributed by atoms with Crippen LogP contribution in [0.1, 0.15) is 55.9 Å². The Labute approximate surface area is 186 Å². The van der Waals surface area contributed by atoms with Gasteiger partial charge in [0.2, 0.25) is 0 Å². The molecule has 160 valence electrons. The van der Waals surface area contributed by atoms with Crippen LogP contribution in [0.15, 0.2) is 48.5 Å². The molecule has 1 aromatic heterocycles. The SMILES string of the molecule is Cc1ccc(Cn2nc(C)c(C(=O)NCc3ccc(C(=O)NC4CC4)cc3)c2Cl)cc1. The van der Waals surface area contributed by atoms with Crippen molar-refractivity contribution in [3.63, 3.8) is 0 Å². The molecule has 2 aromatic carbocycles. The standard InChI is InChI=1S/C24H25ClN4O2/c1-15-3-5-18(6-4-15)14-29-22(25)21(16(2)28-29)24(31)26-13-17-7-9-19(10-8-17)23(30)27-20-11-12-20/h3-10,20H,11-14H2,1-2H3,(H,26,31)(H,27,30). The van der Waals surface area contributed by atoms with Gasteiger partial charge in [0.1, 0.15) is 5.15 Å². The van der Waals surface area contributed by atoms with E-state index in [4.69, 9.17) is 11.6 Å². The highest BCUT2D eigenvalue weighted by Crippen LogP contribution is 2.22. The highest BCUT2D eigenvalue weighted by Gasteiger charge is 2.24. The monoisotopic (exact) mass is 436 g/mol. The Kier molecular flexibility index (Phi) is 6.09. The van der Waals surface area contributed by atoms with Gasteiger partial charge in [-0.25, -0.2) is 4.68 Å². The molecule has 0 aliphatic heterocycles. The lowest BCUT2D eigenvalue weighted by Gasteiger charge is -2.08. The van der Waals surface area contributed by atoms with Crippen molar-refractivity contribution in [2.45, 2.75) is 45.8 Å². The van der Waals surface area contributed by atoms with Gasteiger partial charge in [0.05, 0.1) is 17.8 Å². The maximum Gasteiger partial charge on any atom is 0.256 e. The number of halogens is 1. The van der Waals surface area contributed by atoms with Crippen LogP contribution in [0, 0.1) is 13.8 Å². The van der Waals surface area contributed by atoms with Crippen LogP contribution in [0.2, 0.25) is 5.15 Å². The zero-order valence-corrected chi connectivity index (χ0v) is 18.4. The summed E-state index contributed by atoms with van der Waals surface area (Å²) in [6.45, 7) is 4.65. The normalized spacial score (nSPS) is 13.1. The second-order valence-corrected chi connectivity index (χ2v) is 8.38. The molecule has 7 heteroatoms. The summed E-state index contributed by atoms with van der Waals surface area (Å²) in [5, 5.41) is 10.6. The van der Waals surface area contributed by atoms with Gasteiger partial charge in [0.25, 0.3) is 11.8 Å². The number of hydrogen-bond donors (Lipinski definition) is 2. The van der Waals surface area contributed by atoms with E-state index in [1.165, 1.54) is 5.56 Å². The predicted molar refractivity (Wildman–Crippen MR) is 120 cm³/mol. The fraction of sp³-hybridized carbons (Fsp3) is 0.292. The van der Waals surface area contributed by atoms with Crippen molar-refractivity contribution >= 4 is 23.4 Å². The van der Waals surface area contributed by atoms with Crippen molar-refractivity contribution in [3.05, 3.63) is 87.2 Å². The number of aromatic nitrogens is 2. The minimum atomic E-state index is -0.270. The molecule has 1 aliphatic rings. The number of aryl methyl sites for hydroxylation is 2. The maximum atomic E-state index is 12.8. The van der Waals surface area contributed by atoms with Gasteiger partial charge in [0.15, 0.2) is 0 Å². The van der Waals surface area contributed by atoms with Gasteiger partial charge in [-0.2, -0.15) is 5.10 Å². The van der Waals surface area contributed by atoms with Crippen LogP contribution in [0.5, 0.6) is 0 Å². The Morgan fingerprint density at radius 2 is 1.65 bits per heavy atom. The van der Waals surface area contributed by atoms with Crippen LogP contribution < -0.4 is 10.6 Å². The van der Waals surface area contributed by atoms with Gasteiger partial charge in [0, 0.05) is 18.2 Å². The van der Waals surface area contributed by atoms with Crippen LogP contribution in [-0.4, -0.2) is 27.6 Å². The van der Waals surface area contributed by atoms with Gasteiger partial charge >= 0.3 is 0 Å². The highest BCUT2D eigenvalue weighted by molar-refractivity contribution is 6.33. The van der Waals surface area contributed by atoms with E-state index < -0.39 is 0 Å². The molecule has 1 saturated carbocycles. The minimum absolute atomic E-state index is 0.0542. The second-order valence-electron chi connectivity index (χ2n) is 8.02. The number of nitrogens with zero attached hydrogens (tertiary/aromatic N) is 2. The fourth-order valence-electron chi connectivity index (χ4n) is 3.32. The highest BCUT2D eigenvalue weighted by atomic mass is 35.5. The summed E-state index contributed by atoms with van der Waals surface area (Å²) in [5.41, 5.74) is 4.74. The summed E-state index contributed by atoms with van der Waals surface area (Å²) in [6, 6.07) is 15.7. The third-order valence-electron chi connectivity index (χ3n) is 5.33. The molecule has 2 amide bonds. The Morgan fingerprint density at radius 1 is 1.00 bits per heavy atom. The average molecular weight is 437 g/mol. The maximum absolute atomic E-state index is 12.8. The molecule has 1 fully saturated rings. The van der Waals surface area contributed by atoms with E-state index in [0.717, 1.165) is 24.0 Å². The number of benzene rings is 2. The zero-order valence-electron chi connectivity index (χ0n) is 17.6. The van der Waals surface area contributed by atoms with Gasteiger partial charge in [-0.15, -0.1) is 0 Å². The molecule has 3 aromatic rings. The Balaban J connectivity index is 1.38. The van der Waals surface area contributed by atoms with Crippen molar-refractivity contribution in [2.75, 3.05) is 0 Å². The molecular formula is C24H25ClN4O2. The zero-order chi connectivity index (χ0) is 22.0. The van der Waals surface area contributed by atoms with Gasteiger partial charge < -0.3 is 10.6 Å². The third-order valence-corrected chi connectivity index (χ3v) is 5.71. The van der Waals surface area contributed by atoms with Crippen LogP contribution in [-0.2, 0) is 13.1 Å². The first-order valence-electron chi connectivity index (χ1n) is 10.4. The lowest BCUT2D eigenvalue weighted by atomic mass is 10.1. The van der Waals surface area contributed by atoms with E-state index in [1.807, 2.05) is 43.3 Å². The van der Waals surface area contributed by atoms with Crippen molar-refractivity contribution in [1.29, 1.82) is 0 Å². The van der Waals surface area contributed by atoms with Gasteiger partial charge in [-0.3, -0.25) is 9.59 Å². The van der Waals surface area contributed by atoms with E-state index in [-0.39, 0.29) is 11.8 Å². The molecule has 0 unspecified atom stereocenters. The number of nitrogens with one attached hydrogen (secondary N) is 2. The van der Waals surface area contributed by atoms with Crippen molar-refractivity contribution in [2.24, 2.45) is 0 Å². The van der Waals surface area contributed by atoms with E-state index in [1.54, 1.807) is 23.7 Å². The number of carbonyl (C=O) groups excluding carboxylic acids is 2. The Bertz CT molecular complexity index is 1100. The molecule has 2 N–H and O–H groups in total. The summed E-state index contributed by atoms with van der Waals surface area (Å²) >= 11 is 6.48. The summed E-state index contributed by atoms with van der Waals surface area (Å²) in [5.74, 6) is -0.324. The summed E-state index contributed by atoms with van der Waals surface area (Å²) in [4.78, 5) is 24.8. The van der Waals surface area contributed by atoms with Crippen LogP contribution >= 0.6 is 11.6 Å². The smallest absolute Gasteiger partial charge is 0.256 e. The fourth-order valence-corrected chi connectivity index (χ4v) is 3.64. The quantitative estimate of drug-likeness (QED) is 0.587. The average Bonchev–Trinajstić information content (AvgIpc) is 3.52. The summed E-state index contributed by atoms with van der Waals surface area (Å²) < 4.78 is 1.64. The largest absolute Gasteiger partial charge is 0.349 e. The van der Waals surface area contributed by atoms with E-state index in [2.05, 4.69) is 15.7 Å². The first kappa shape index (κ1) is 21.1. The van der Waals surface area contributed by atoms with Crippen molar-refractivity contribution in [1.82, 2.24) is 20.4 Å². The molecule has 0 radical (unpaired) electrons. The first-order chi connectivity index (χ1) is 14.9. The van der Waals surface area contributed by atoms with E-state index in [9.17, 15) is 9.59 Å². The van der Waals surface area contributed by atoms with E-state index in [0.29, 0.717) is 41.1 Å². The summed E-state index contributed by atoms with van der Waals surface area (Å²) in [6.07, 6.45) is 2.11. The molecule has 0 bridgehead atoms. The van der Waals surface area contributed by atoms with Crippen LogP contribution in [0.4, 0.5) is 0 Å². The third kappa shape index (κ3) is 5.14. The molecule has 6 nitrogen and oxygen atoms in total. The van der Waals surface area contributed by atoms with Crippen LogP contribution in [0.3, 0.4) is 0 Å². The predicted octanol–water partition coefficient (Wildman–Crippen LogP) is 4.02. The van der Waals surface area contributed by atoms with Crippen LogP contribution in [0.25, 0.3) is 0 Å². The molecule has 0 spiro atoms. The molecule has 4 rings (SSSR count). The topological polar surface area (TPSA) is 76.0 Å². The Hall–Kier alpha value is -3.12. The molecule has 1 heterocycles. The number of carbonyl (C=O) groups is 2. The van der Waals surface area contributed by atoms with Crippen molar-refractivity contribution < 1.29 is 9.59 Å².